The van der Waals surface area contributed by atoms with Crippen molar-refractivity contribution >= 4 is 17.6 Å². The van der Waals surface area contributed by atoms with Crippen LogP contribution < -0.4 is 5.73 Å². The second kappa shape index (κ2) is 6.56. The molecule has 0 heterocycles. The molecule has 0 aliphatic heterocycles. The number of nitrogens with two attached hydrogens (primary N) is 1. The fourth-order valence-corrected chi connectivity index (χ4v) is 1.98. The minimum atomic E-state index is -1.46. The standard InChI is InChI=1S/C16H16N2O3/c17-14-8-6-13(7-9-14)11-18(15(19)16(20)21)10-12-4-2-1-3-5-12/h1-9H,10-11,17H2,(H,20,21). The molecule has 3 N–H and O–H groups in total. The molecule has 0 fully saturated rings. The van der Waals surface area contributed by atoms with Gasteiger partial charge in [-0.15, -0.1) is 0 Å². The van der Waals surface area contributed by atoms with Crippen LogP contribution in [-0.2, 0) is 22.7 Å². The van der Waals surface area contributed by atoms with Gasteiger partial charge in [-0.2, -0.15) is 0 Å². The number of rotatable bonds is 4. The Morgan fingerprint density at radius 3 is 1.95 bits per heavy atom. The molecule has 0 radical (unpaired) electrons. The summed E-state index contributed by atoms with van der Waals surface area (Å²) in [4.78, 5) is 24.1. The van der Waals surface area contributed by atoms with Crippen LogP contribution in [0.1, 0.15) is 11.1 Å². The molecule has 0 aliphatic rings. The number of carbonyl (C=O) groups excluding carboxylic acids is 1. The molecule has 0 bridgehead atoms. The molecule has 2 rings (SSSR count). The highest BCUT2D eigenvalue weighted by Crippen LogP contribution is 2.12. The summed E-state index contributed by atoms with van der Waals surface area (Å²) in [7, 11) is 0. The zero-order valence-electron chi connectivity index (χ0n) is 11.4. The molecular weight excluding hydrogens is 268 g/mol. The Hall–Kier alpha value is -2.82. The van der Waals surface area contributed by atoms with Crippen LogP contribution in [0.5, 0.6) is 0 Å². The number of hydrogen-bond donors (Lipinski definition) is 2. The minimum absolute atomic E-state index is 0.223. The Morgan fingerprint density at radius 2 is 1.43 bits per heavy atom. The fourth-order valence-electron chi connectivity index (χ4n) is 1.98. The van der Waals surface area contributed by atoms with Crippen molar-refractivity contribution in [2.45, 2.75) is 13.1 Å². The Balaban J connectivity index is 2.18. The summed E-state index contributed by atoms with van der Waals surface area (Å²) in [6, 6.07) is 16.3. The van der Waals surface area contributed by atoms with Crippen LogP contribution in [0.3, 0.4) is 0 Å². The van der Waals surface area contributed by atoms with Gasteiger partial charge in [-0.25, -0.2) is 4.79 Å². The Morgan fingerprint density at radius 1 is 0.905 bits per heavy atom. The van der Waals surface area contributed by atoms with E-state index in [-0.39, 0.29) is 13.1 Å². The van der Waals surface area contributed by atoms with Gasteiger partial charge in [0.2, 0.25) is 0 Å². The topological polar surface area (TPSA) is 83.6 Å². The van der Waals surface area contributed by atoms with Crippen LogP contribution in [0.25, 0.3) is 0 Å². The van der Waals surface area contributed by atoms with Gasteiger partial charge in [0.1, 0.15) is 0 Å². The van der Waals surface area contributed by atoms with Crippen molar-refractivity contribution in [3.8, 4) is 0 Å². The first kappa shape index (κ1) is 14.6. The first-order chi connectivity index (χ1) is 10.1. The van der Waals surface area contributed by atoms with Gasteiger partial charge in [0.25, 0.3) is 0 Å². The molecule has 0 spiro atoms. The van der Waals surface area contributed by atoms with Gasteiger partial charge in [0.15, 0.2) is 0 Å². The van der Waals surface area contributed by atoms with E-state index in [1.54, 1.807) is 24.3 Å². The third-order valence-electron chi connectivity index (χ3n) is 3.04. The maximum absolute atomic E-state index is 11.8. The second-order valence-electron chi connectivity index (χ2n) is 4.69. The van der Waals surface area contributed by atoms with Crippen molar-refractivity contribution in [3.63, 3.8) is 0 Å². The molecule has 108 valence electrons. The lowest BCUT2D eigenvalue weighted by atomic mass is 10.1. The van der Waals surface area contributed by atoms with E-state index in [0.717, 1.165) is 11.1 Å². The number of hydrogen-bond acceptors (Lipinski definition) is 3. The molecule has 2 aromatic rings. The van der Waals surface area contributed by atoms with Gasteiger partial charge in [0.05, 0.1) is 0 Å². The van der Waals surface area contributed by atoms with E-state index in [0.29, 0.717) is 5.69 Å². The molecule has 0 atom stereocenters. The number of carboxylic acids is 1. The molecule has 0 saturated carbocycles. The monoisotopic (exact) mass is 284 g/mol. The number of carbonyl (C=O) groups is 2. The van der Waals surface area contributed by atoms with Gasteiger partial charge < -0.3 is 15.7 Å². The maximum atomic E-state index is 11.8. The SMILES string of the molecule is Nc1ccc(CN(Cc2ccccc2)C(=O)C(=O)O)cc1. The van der Waals surface area contributed by atoms with E-state index in [1.807, 2.05) is 30.3 Å². The number of nitrogen functional groups attached to an aromatic ring is 1. The van der Waals surface area contributed by atoms with E-state index >= 15 is 0 Å². The zero-order chi connectivity index (χ0) is 15.2. The molecule has 0 aromatic heterocycles. The summed E-state index contributed by atoms with van der Waals surface area (Å²) in [5.41, 5.74) is 7.94. The van der Waals surface area contributed by atoms with Crippen LogP contribution in [0.4, 0.5) is 5.69 Å². The fraction of sp³-hybridized carbons (Fsp3) is 0.125. The second-order valence-corrected chi connectivity index (χ2v) is 4.69. The van der Waals surface area contributed by atoms with Gasteiger partial charge in [-0.3, -0.25) is 4.79 Å². The van der Waals surface area contributed by atoms with Gasteiger partial charge >= 0.3 is 11.9 Å². The largest absolute Gasteiger partial charge is 0.474 e. The summed E-state index contributed by atoms with van der Waals surface area (Å²) < 4.78 is 0. The highest BCUT2D eigenvalue weighted by Gasteiger charge is 2.21. The average Bonchev–Trinajstić information content (AvgIpc) is 2.49. The van der Waals surface area contributed by atoms with E-state index < -0.39 is 11.9 Å². The minimum Gasteiger partial charge on any atom is -0.474 e. The van der Waals surface area contributed by atoms with Crippen molar-refractivity contribution in [1.82, 2.24) is 4.90 Å². The molecule has 21 heavy (non-hydrogen) atoms. The third kappa shape index (κ3) is 4.07. The average molecular weight is 284 g/mol. The van der Waals surface area contributed by atoms with Crippen LogP contribution in [0, 0.1) is 0 Å². The van der Waals surface area contributed by atoms with E-state index in [4.69, 9.17) is 10.8 Å². The summed E-state index contributed by atoms with van der Waals surface area (Å²) in [5.74, 6) is -2.38. The predicted molar refractivity (Wildman–Crippen MR) is 79.2 cm³/mol. The molecule has 2 aromatic carbocycles. The smallest absolute Gasteiger partial charge is 0.394 e. The van der Waals surface area contributed by atoms with Crippen LogP contribution in [-0.4, -0.2) is 21.9 Å². The van der Waals surface area contributed by atoms with Crippen LogP contribution >= 0.6 is 0 Å². The van der Waals surface area contributed by atoms with Gasteiger partial charge in [-0.1, -0.05) is 42.5 Å². The van der Waals surface area contributed by atoms with Crippen LogP contribution in [0.15, 0.2) is 54.6 Å². The highest BCUT2D eigenvalue weighted by molar-refractivity contribution is 6.31. The number of amides is 1. The molecule has 5 nitrogen and oxygen atoms in total. The van der Waals surface area contributed by atoms with Crippen molar-refractivity contribution in [2.24, 2.45) is 0 Å². The molecular formula is C16H16N2O3. The van der Waals surface area contributed by atoms with Crippen molar-refractivity contribution < 1.29 is 14.7 Å². The number of benzene rings is 2. The summed E-state index contributed by atoms with van der Waals surface area (Å²) in [6.07, 6.45) is 0. The van der Waals surface area contributed by atoms with E-state index in [2.05, 4.69) is 0 Å². The zero-order valence-corrected chi connectivity index (χ0v) is 11.4. The predicted octanol–water partition coefficient (Wildman–Crippen LogP) is 1.88. The summed E-state index contributed by atoms with van der Waals surface area (Å²) in [5, 5.41) is 8.94. The summed E-state index contributed by atoms with van der Waals surface area (Å²) >= 11 is 0. The molecule has 0 aliphatic carbocycles. The number of anilines is 1. The normalized spacial score (nSPS) is 10.1. The molecule has 5 heteroatoms. The van der Waals surface area contributed by atoms with Crippen LogP contribution in [0.2, 0.25) is 0 Å². The Kier molecular flexibility index (Phi) is 4.56. The van der Waals surface area contributed by atoms with Crippen molar-refractivity contribution in [2.75, 3.05) is 5.73 Å². The van der Waals surface area contributed by atoms with Crippen molar-refractivity contribution in [1.29, 1.82) is 0 Å². The lowest BCUT2D eigenvalue weighted by molar-refractivity contribution is -0.156. The van der Waals surface area contributed by atoms with Gasteiger partial charge in [0, 0.05) is 18.8 Å². The number of aliphatic carboxylic acids is 1. The van der Waals surface area contributed by atoms with Crippen molar-refractivity contribution in [3.05, 3.63) is 65.7 Å². The quantitative estimate of drug-likeness (QED) is 0.663. The molecule has 0 unspecified atom stereocenters. The maximum Gasteiger partial charge on any atom is 0.394 e. The molecule has 1 amide bonds. The summed E-state index contributed by atoms with van der Waals surface area (Å²) in [6.45, 7) is 0.469. The molecule has 0 saturated heterocycles. The third-order valence-corrected chi connectivity index (χ3v) is 3.04. The lowest BCUT2D eigenvalue weighted by Crippen LogP contribution is -2.35. The van der Waals surface area contributed by atoms with E-state index in [9.17, 15) is 9.59 Å². The van der Waals surface area contributed by atoms with Gasteiger partial charge in [-0.05, 0) is 23.3 Å². The number of carboxylic acid groups (broad SMARTS) is 1. The Bertz CT molecular complexity index is 624. The Labute approximate surface area is 122 Å². The first-order valence-corrected chi connectivity index (χ1v) is 6.47. The van der Waals surface area contributed by atoms with E-state index in [1.165, 1.54) is 4.90 Å². The highest BCUT2D eigenvalue weighted by atomic mass is 16.4. The number of nitrogens with zero attached hydrogens (tertiary/aromatic N) is 1. The first-order valence-electron chi connectivity index (χ1n) is 6.47. The lowest BCUT2D eigenvalue weighted by Gasteiger charge is -2.21.